The van der Waals surface area contributed by atoms with Crippen LogP contribution in [-0.4, -0.2) is 25.2 Å². The van der Waals surface area contributed by atoms with Crippen molar-refractivity contribution in [2.45, 2.75) is 59.8 Å². The Balaban J connectivity index is 2.30. The van der Waals surface area contributed by atoms with E-state index in [4.69, 9.17) is 9.47 Å². The minimum atomic E-state index is -0.351. The van der Waals surface area contributed by atoms with E-state index in [1.165, 1.54) is 6.08 Å². The molecule has 0 aromatic heterocycles. The molecule has 0 aromatic carbocycles. The first-order valence-corrected chi connectivity index (χ1v) is 9.29. The number of rotatable bonds is 9. The van der Waals surface area contributed by atoms with Gasteiger partial charge in [0, 0.05) is 6.08 Å². The van der Waals surface area contributed by atoms with E-state index >= 15 is 0 Å². The van der Waals surface area contributed by atoms with Crippen LogP contribution in [0, 0.1) is 29.6 Å². The predicted octanol–water partition coefficient (Wildman–Crippen LogP) is 4.38. The van der Waals surface area contributed by atoms with Gasteiger partial charge in [-0.2, -0.15) is 0 Å². The van der Waals surface area contributed by atoms with Crippen molar-refractivity contribution in [2.24, 2.45) is 29.6 Å². The van der Waals surface area contributed by atoms with Crippen molar-refractivity contribution in [1.82, 2.24) is 0 Å². The molecule has 4 nitrogen and oxygen atoms in total. The van der Waals surface area contributed by atoms with Gasteiger partial charge >= 0.3 is 11.9 Å². The topological polar surface area (TPSA) is 52.6 Å². The summed E-state index contributed by atoms with van der Waals surface area (Å²) in [7, 11) is 0. The summed E-state index contributed by atoms with van der Waals surface area (Å²) in [5.41, 5.74) is 0. The molecule has 1 aliphatic carbocycles. The fourth-order valence-corrected chi connectivity index (χ4v) is 3.28. The van der Waals surface area contributed by atoms with Crippen LogP contribution in [0.1, 0.15) is 59.8 Å². The maximum absolute atomic E-state index is 12.3. The Hall–Kier alpha value is -1.32. The molecule has 138 valence electrons. The fraction of sp³-hybridized carbons (Fsp3) is 0.800. The molecule has 0 amide bonds. The van der Waals surface area contributed by atoms with Crippen LogP contribution in [-0.2, 0) is 19.1 Å². The molecule has 0 heterocycles. The van der Waals surface area contributed by atoms with Gasteiger partial charge in [-0.25, -0.2) is 4.79 Å². The van der Waals surface area contributed by atoms with Gasteiger partial charge < -0.3 is 9.47 Å². The number of hydrogen-bond acceptors (Lipinski definition) is 4. The number of hydrogen-bond donors (Lipinski definition) is 0. The van der Waals surface area contributed by atoms with Gasteiger partial charge in [0.05, 0.1) is 19.1 Å². The first kappa shape index (κ1) is 20.7. The normalized spacial score (nSPS) is 22.2. The van der Waals surface area contributed by atoms with Gasteiger partial charge in [0.25, 0.3) is 0 Å². The third-order valence-corrected chi connectivity index (χ3v) is 4.89. The second-order valence-electron chi connectivity index (χ2n) is 7.83. The summed E-state index contributed by atoms with van der Waals surface area (Å²) in [6.07, 6.45) is 6.18. The van der Waals surface area contributed by atoms with Crippen molar-refractivity contribution < 1.29 is 19.1 Å². The number of carbonyl (C=O) groups is 2. The summed E-state index contributed by atoms with van der Waals surface area (Å²) in [4.78, 5) is 23.4. The zero-order valence-corrected chi connectivity index (χ0v) is 15.8. The molecule has 0 aliphatic heterocycles. The van der Waals surface area contributed by atoms with E-state index in [1.54, 1.807) is 0 Å². The molecule has 1 atom stereocenters. The third-order valence-electron chi connectivity index (χ3n) is 4.89. The van der Waals surface area contributed by atoms with E-state index in [1.807, 2.05) is 0 Å². The molecular formula is C20H34O4. The van der Waals surface area contributed by atoms with E-state index in [9.17, 15) is 9.59 Å². The van der Waals surface area contributed by atoms with Crippen molar-refractivity contribution in [2.75, 3.05) is 13.2 Å². The number of esters is 2. The van der Waals surface area contributed by atoms with Crippen molar-refractivity contribution in [3.63, 3.8) is 0 Å². The monoisotopic (exact) mass is 338 g/mol. The highest BCUT2D eigenvalue weighted by Gasteiger charge is 2.27. The Kier molecular flexibility index (Phi) is 9.09. The van der Waals surface area contributed by atoms with Crippen LogP contribution in [0.5, 0.6) is 0 Å². The molecule has 0 spiro atoms. The maximum Gasteiger partial charge on any atom is 0.330 e. The standard InChI is InChI=1S/C20H34O4/c1-6-19(21)23-12-16-7-9-17(10-8-16)13-24-20(22)18(15(4)5)11-14(2)3/h6,14-18H,1,7-13H2,2-5H3. The molecule has 0 N–H and O–H groups in total. The third kappa shape index (κ3) is 7.50. The minimum absolute atomic E-state index is 0.000320. The summed E-state index contributed by atoms with van der Waals surface area (Å²) in [6.45, 7) is 12.9. The van der Waals surface area contributed by atoms with Crippen molar-refractivity contribution in [1.29, 1.82) is 0 Å². The Morgan fingerprint density at radius 1 is 1.00 bits per heavy atom. The molecular weight excluding hydrogens is 304 g/mol. The van der Waals surface area contributed by atoms with E-state index in [0.29, 0.717) is 36.9 Å². The van der Waals surface area contributed by atoms with E-state index in [0.717, 1.165) is 32.1 Å². The highest BCUT2D eigenvalue weighted by molar-refractivity contribution is 5.81. The second kappa shape index (κ2) is 10.5. The zero-order valence-electron chi connectivity index (χ0n) is 15.8. The molecule has 1 fully saturated rings. The van der Waals surface area contributed by atoms with Crippen molar-refractivity contribution >= 4 is 11.9 Å². The first-order valence-electron chi connectivity index (χ1n) is 9.29. The Labute approximate surface area is 147 Å². The lowest BCUT2D eigenvalue weighted by atomic mass is 9.82. The van der Waals surface area contributed by atoms with Crippen LogP contribution in [0.4, 0.5) is 0 Å². The van der Waals surface area contributed by atoms with Gasteiger partial charge in [-0.3, -0.25) is 4.79 Å². The van der Waals surface area contributed by atoms with Gasteiger partial charge in [0.1, 0.15) is 0 Å². The van der Waals surface area contributed by atoms with E-state index in [2.05, 4.69) is 34.3 Å². The van der Waals surface area contributed by atoms with Crippen molar-refractivity contribution in [3.8, 4) is 0 Å². The van der Waals surface area contributed by atoms with Crippen LogP contribution in [0.3, 0.4) is 0 Å². The average Bonchev–Trinajstić information content (AvgIpc) is 2.55. The smallest absolute Gasteiger partial charge is 0.330 e. The second-order valence-corrected chi connectivity index (χ2v) is 7.83. The zero-order chi connectivity index (χ0) is 18.1. The maximum atomic E-state index is 12.3. The molecule has 1 saturated carbocycles. The summed E-state index contributed by atoms with van der Waals surface area (Å²) in [5, 5.41) is 0. The first-order chi connectivity index (χ1) is 11.3. The predicted molar refractivity (Wildman–Crippen MR) is 95.3 cm³/mol. The summed E-state index contributed by atoms with van der Waals surface area (Å²) in [5.74, 6) is 1.28. The van der Waals surface area contributed by atoms with E-state index in [-0.39, 0.29) is 17.9 Å². The minimum Gasteiger partial charge on any atom is -0.465 e. The van der Waals surface area contributed by atoms with Gasteiger partial charge in [0.2, 0.25) is 0 Å². The lowest BCUT2D eigenvalue weighted by molar-refractivity contribution is -0.153. The quantitative estimate of drug-likeness (QED) is 0.462. The van der Waals surface area contributed by atoms with Gasteiger partial charge in [-0.05, 0) is 55.8 Å². The largest absolute Gasteiger partial charge is 0.465 e. The van der Waals surface area contributed by atoms with Gasteiger partial charge in [-0.15, -0.1) is 0 Å². The lowest BCUT2D eigenvalue weighted by Gasteiger charge is -2.28. The molecule has 24 heavy (non-hydrogen) atoms. The Bertz CT molecular complexity index is 406. The Morgan fingerprint density at radius 3 is 1.92 bits per heavy atom. The molecule has 1 unspecified atom stereocenters. The summed E-state index contributed by atoms with van der Waals surface area (Å²) in [6, 6.07) is 0. The van der Waals surface area contributed by atoms with Gasteiger partial charge in [0.15, 0.2) is 0 Å². The molecule has 0 saturated heterocycles. The molecule has 1 aliphatic rings. The van der Waals surface area contributed by atoms with Crippen molar-refractivity contribution in [3.05, 3.63) is 12.7 Å². The van der Waals surface area contributed by atoms with Gasteiger partial charge in [-0.1, -0.05) is 34.3 Å². The molecule has 0 aromatic rings. The number of ether oxygens (including phenoxy) is 2. The molecule has 0 radical (unpaired) electrons. The fourth-order valence-electron chi connectivity index (χ4n) is 3.28. The van der Waals surface area contributed by atoms with Crippen LogP contribution in [0.15, 0.2) is 12.7 Å². The number of carbonyl (C=O) groups excluding carboxylic acids is 2. The van der Waals surface area contributed by atoms with E-state index < -0.39 is 0 Å². The molecule has 1 rings (SSSR count). The van der Waals surface area contributed by atoms with Crippen LogP contribution in [0.2, 0.25) is 0 Å². The molecule has 0 bridgehead atoms. The van der Waals surface area contributed by atoms with Crippen LogP contribution in [0.25, 0.3) is 0 Å². The summed E-state index contributed by atoms with van der Waals surface area (Å²) < 4.78 is 10.7. The SMILES string of the molecule is C=CC(=O)OCC1CCC(COC(=O)C(CC(C)C)C(C)C)CC1. The summed E-state index contributed by atoms with van der Waals surface area (Å²) >= 11 is 0. The highest BCUT2D eigenvalue weighted by atomic mass is 16.5. The lowest BCUT2D eigenvalue weighted by Crippen LogP contribution is -2.28. The van der Waals surface area contributed by atoms with Crippen LogP contribution >= 0.6 is 0 Å². The van der Waals surface area contributed by atoms with Crippen LogP contribution < -0.4 is 0 Å². The Morgan fingerprint density at radius 2 is 1.50 bits per heavy atom. The average molecular weight is 338 g/mol. The highest BCUT2D eigenvalue weighted by Crippen LogP contribution is 2.30. The molecule has 4 heteroatoms.